The van der Waals surface area contributed by atoms with Crippen LogP contribution in [0.4, 0.5) is 4.39 Å². The number of hydrogen-bond donors (Lipinski definition) is 1. The molecule has 1 N–H and O–H groups in total. The van der Waals surface area contributed by atoms with Crippen LogP contribution in [0.25, 0.3) is 0 Å². The van der Waals surface area contributed by atoms with Crippen LogP contribution in [0.5, 0.6) is 5.75 Å². The maximum Gasteiger partial charge on any atom is 0.165 e. The maximum atomic E-state index is 13.4. The molecule has 0 fully saturated rings. The van der Waals surface area contributed by atoms with E-state index in [1.807, 2.05) is 20.0 Å². The minimum atomic E-state index is -0.330. The second-order valence-corrected chi connectivity index (χ2v) is 3.50. The Morgan fingerprint density at radius 2 is 2.27 bits per heavy atom. The van der Waals surface area contributed by atoms with Crippen LogP contribution >= 0.6 is 0 Å². The van der Waals surface area contributed by atoms with Crippen molar-refractivity contribution in [3.05, 3.63) is 41.7 Å². The molecule has 0 saturated carbocycles. The molecule has 0 saturated heterocycles. The molecule has 1 aromatic carbocycles. The predicted molar refractivity (Wildman–Crippen MR) is 59.5 cm³/mol. The van der Waals surface area contributed by atoms with Crippen molar-refractivity contribution in [1.82, 2.24) is 5.32 Å². The van der Waals surface area contributed by atoms with Gasteiger partial charge in [-0.2, -0.15) is 0 Å². The summed E-state index contributed by atoms with van der Waals surface area (Å²) in [4.78, 5) is 0. The molecule has 0 bridgehead atoms. The van der Waals surface area contributed by atoms with Crippen molar-refractivity contribution in [2.75, 3.05) is 13.7 Å². The SMILES string of the molecule is C=C(C)COc1c(F)cccc1CNC. The van der Waals surface area contributed by atoms with Gasteiger partial charge in [0.15, 0.2) is 11.6 Å². The molecule has 15 heavy (non-hydrogen) atoms. The quantitative estimate of drug-likeness (QED) is 0.752. The number of halogens is 1. The predicted octanol–water partition coefficient (Wildman–Crippen LogP) is 2.50. The summed E-state index contributed by atoms with van der Waals surface area (Å²) in [6.07, 6.45) is 0. The number of para-hydroxylation sites is 1. The zero-order valence-electron chi connectivity index (χ0n) is 9.14. The van der Waals surface area contributed by atoms with Gasteiger partial charge in [0, 0.05) is 12.1 Å². The Balaban J connectivity index is 2.86. The van der Waals surface area contributed by atoms with E-state index in [-0.39, 0.29) is 5.82 Å². The molecular weight excluding hydrogens is 193 g/mol. The summed E-state index contributed by atoms with van der Waals surface area (Å²) >= 11 is 0. The van der Waals surface area contributed by atoms with Gasteiger partial charge in [-0.05, 0) is 25.6 Å². The van der Waals surface area contributed by atoms with Crippen LogP contribution in [0.2, 0.25) is 0 Å². The number of benzene rings is 1. The van der Waals surface area contributed by atoms with E-state index >= 15 is 0 Å². The van der Waals surface area contributed by atoms with Crippen molar-refractivity contribution in [2.24, 2.45) is 0 Å². The fraction of sp³-hybridized carbons (Fsp3) is 0.333. The molecule has 0 aromatic heterocycles. The minimum Gasteiger partial charge on any atom is -0.486 e. The smallest absolute Gasteiger partial charge is 0.165 e. The Kier molecular flexibility index (Phi) is 4.31. The number of hydrogen-bond acceptors (Lipinski definition) is 2. The van der Waals surface area contributed by atoms with Crippen LogP contribution in [0.3, 0.4) is 0 Å². The molecule has 0 aliphatic rings. The molecule has 82 valence electrons. The van der Waals surface area contributed by atoms with E-state index in [0.717, 1.165) is 11.1 Å². The number of rotatable bonds is 5. The highest BCUT2D eigenvalue weighted by atomic mass is 19.1. The summed E-state index contributed by atoms with van der Waals surface area (Å²) in [7, 11) is 1.81. The average molecular weight is 209 g/mol. The molecule has 0 amide bonds. The van der Waals surface area contributed by atoms with Crippen LogP contribution in [0.15, 0.2) is 30.4 Å². The Bertz CT molecular complexity index is 349. The Labute approximate surface area is 89.8 Å². The molecule has 1 aromatic rings. The topological polar surface area (TPSA) is 21.3 Å². The van der Waals surface area contributed by atoms with Crippen molar-refractivity contribution in [2.45, 2.75) is 13.5 Å². The summed E-state index contributed by atoms with van der Waals surface area (Å²) in [6, 6.07) is 4.91. The zero-order chi connectivity index (χ0) is 11.3. The Morgan fingerprint density at radius 1 is 1.53 bits per heavy atom. The third-order valence-electron chi connectivity index (χ3n) is 1.88. The molecule has 0 radical (unpaired) electrons. The lowest BCUT2D eigenvalue weighted by Gasteiger charge is -2.11. The van der Waals surface area contributed by atoms with E-state index in [2.05, 4.69) is 11.9 Å². The lowest BCUT2D eigenvalue weighted by molar-refractivity contribution is 0.328. The standard InChI is InChI=1S/C12H16FNO/c1-9(2)8-15-12-10(7-14-3)5-4-6-11(12)13/h4-6,14H,1,7-8H2,2-3H3. The molecule has 3 heteroatoms. The molecule has 0 aliphatic heterocycles. The van der Waals surface area contributed by atoms with Crippen molar-refractivity contribution >= 4 is 0 Å². The fourth-order valence-electron chi connectivity index (χ4n) is 1.24. The molecule has 0 unspecified atom stereocenters. The van der Waals surface area contributed by atoms with Crippen molar-refractivity contribution < 1.29 is 9.13 Å². The van der Waals surface area contributed by atoms with Gasteiger partial charge in [0.05, 0.1) is 0 Å². The average Bonchev–Trinajstić information content (AvgIpc) is 2.17. The van der Waals surface area contributed by atoms with Gasteiger partial charge in [0.1, 0.15) is 6.61 Å². The van der Waals surface area contributed by atoms with Crippen LogP contribution in [-0.4, -0.2) is 13.7 Å². The van der Waals surface area contributed by atoms with E-state index in [1.165, 1.54) is 6.07 Å². The molecule has 1 rings (SSSR count). The monoisotopic (exact) mass is 209 g/mol. The summed E-state index contributed by atoms with van der Waals surface area (Å²) < 4.78 is 18.8. The van der Waals surface area contributed by atoms with Crippen LogP contribution < -0.4 is 10.1 Å². The highest BCUT2D eigenvalue weighted by Crippen LogP contribution is 2.22. The first-order valence-corrected chi connectivity index (χ1v) is 4.84. The number of ether oxygens (including phenoxy) is 1. The van der Waals surface area contributed by atoms with E-state index in [4.69, 9.17) is 4.74 Å². The maximum absolute atomic E-state index is 13.4. The molecule has 0 heterocycles. The molecular formula is C12H16FNO. The van der Waals surface area contributed by atoms with Crippen molar-refractivity contribution in [3.8, 4) is 5.75 Å². The van der Waals surface area contributed by atoms with Crippen LogP contribution in [0, 0.1) is 5.82 Å². The Hall–Kier alpha value is -1.35. The Morgan fingerprint density at radius 3 is 2.87 bits per heavy atom. The van der Waals surface area contributed by atoms with Crippen LogP contribution in [-0.2, 0) is 6.54 Å². The highest BCUT2D eigenvalue weighted by molar-refractivity contribution is 5.35. The summed E-state index contributed by atoms with van der Waals surface area (Å²) in [5.74, 6) is -0.0150. The zero-order valence-corrected chi connectivity index (χ0v) is 9.14. The summed E-state index contributed by atoms with van der Waals surface area (Å²) in [5, 5.41) is 2.97. The summed E-state index contributed by atoms with van der Waals surface area (Å²) in [6.45, 7) is 6.49. The van der Waals surface area contributed by atoms with E-state index in [9.17, 15) is 4.39 Å². The van der Waals surface area contributed by atoms with Gasteiger partial charge in [0.2, 0.25) is 0 Å². The second-order valence-electron chi connectivity index (χ2n) is 3.50. The van der Waals surface area contributed by atoms with E-state index < -0.39 is 0 Å². The lowest BCUT2D eigenvalue weighted by Crippen LogP contribution is -2.09. The number of nitrogens with one attached hydrogen (secondary N) is 1. The van der Waals surface area contributed by atoms with E-state index in [0.29, 0.717) is 18.9 Å². The van der Waals surface area contributed by atoms with Gasteiger partial charge >= 0.3 is 0 Å². The van der Waals surface area contributed by atoms with Crippen molar-refractivity contribution in [1.29, 1.82) is 0 Å². The first kappa shape index (κ1) is 11.7. The van der Waals surface area contributed by atoms with Crippen LogP contribution in [0.1, 0.15) is 12.5 Å². The first-order valence-electron chi connectivity index (χ1n) is 4.84. The van der Waals surface area contributed by atoms with E-state index in [1.54, 1.807) is 6.07 Å². The molecule has 0 aliphatic carbocycles. The van der Waals surface area contributed by atoms with Gasteiger partial charge < -0.3 is 10.1 Å². The largest absolute Gasteiger partial charge is 0.486 e. The van der Waals surface area contributed by atoms with Gasteiger partial charge in [-0.3, -0.25) is 0 Å². The lowest BCUT2D eigenvalue weighted by atomic mass is 10.2. The third-order valence-corrected chi connectivity index (χ3v) is 1.88. The summed E-state index contributed by atoms with van der Waals surface area (Å²) in [5.41, 5.74) is 1.69. The molecule has 0 spiro atoms. The first-order chi connectivity index (χ1) is 7.15. The highest BCUT2D eigenvalue weighted by Gasteiger charge is 2.08. The third kappa shape index (κ3) is 3.36. The van der Waals surface area contributed by atoms with Gasteiger partial charge in [-0.15, -0.1) is 0 Å². The second kappa shape index (κ2) is 5.51. The van der Waals surface area contributed by atoms with Gasteiger partial charge in [-0.1, -0.05) is 18.7 Å². The minimum absolute atomic E-state index is 0.315. The van der Waals surface area contributed by atoms with Gasteiger partial charge in [0.25, 0.3) is 0 Å². The van der Waals surface area contributed by atoms with Crippen molar-refractivity contribution in [3.63, 3.8) is 0 Å². The van der Waals surface area contributed by atoms with Gasteiger partial charge in [-0.25, -0.2) is 4.39 Å². The molecule has 0 atom stereocenters. The fourth-order valence-corrected chi connectivity index (χ4v) is 1.24. The normalized spacial score (nSPS) is 10.1. The molecule has 2 nitrogen and oxygen atoms in total.